The lowest BCUT2D eigenvalue weighted by Gasteiger charge is -2.33. The molecule has 0 saturated carbocycles. The fourth-order valence-electron chi connectivity index (χ4n) is 1.87. The molecular formula is C16H27ClN2O. The quantitative estimate of drug-likeness (QED) is 0.848. The van der Waals surface area contributed by atoms with Gasteiger partial charge in [0.1, 0.15) is 0 Å². The Morgan fingerprint density at radius 2 is 1.75 bits per heavy atom. The van der Waals surface area contributed by atoms with Crippen molar-refractivity contribution >= 4 is 18.3 Å². The molecule has 0 fully saturated rings. The van der Waals surface area contributed by atoms with Crippen LogP contribution in [0, 0.1) is 5.92 Å². The highest BCUT2D eigenvalue weighted by atomic mass is 35.5. The zero-order valence-corrected chi connectivity index (χ0v) is 13.7. The molecule has 0 saturated heterocycles. The molecule has 1 atom stereocenters. The van der Waals surface area contributed by atoms with Crippen LogP contribution in [0.4, 0.5) is 0 Å². The number of carbonyl (C=O) groups excluding carboxylic acids is 1. The van der Waals surface area contributed by atoms with E-state index in [1.54, 1.807) is 0 Å². The van der Waals surface area contributed by atoms with Gasteiger partial charge >= 0.3 is 0 Å². The van der Waals surface area contributed by atoms with E-state index in [1.807, 2.05) is 19.1 Å². The minimum atomic E-state index is -0.333. The molecule has 0 radical (unpaired) electrons. The number of nitrogens with two attached hydrogens (primary N) is 1. The molecule has 0 heterocycles. The summed E-state index contributed by atoms with van der Waals surface area (Å²) in [5.41, 5.74) is 7.77. The number of halogens is 1. The zero-order chi connectivity index (χ0) is 14.5. The van der Waals surface area contributed by atoms with Crippen molar-refractivity contribution in [2.75, 3.05) is 6.54 Å². The number of hydrogen-bond acceptors (Lipinski definition) is 2. The van der Waals surface area contributed by atoms with Gasteiger partial charge in [0.15, 0.2) is 0 Å². The molecule has 0 aliphatic carbocycles. The Morgan fingerprint density at radius 3 is 2.15 bits per heavy atom. The summed E-state index contributed by atoms with van der Waals surface area (Å²) in [4.78, 5) is 12.1. The smallest absolute Gasteiger partial charge is 0.224 e. The number of nitrogens with one attached hydrogen (secondary N) is 1. The highest BCUT2D eigenvalue weighted by Crippen LogP contribution is 2.15. The summed E-state index contributed by atoms with van der Waals surface area (Å²) >= 11 is 0. The second-order valence-electron chi connectivity index (χ2n) is 5.67. The number of aryl methyl sites for hydroxylation is 1. The van der Waals surface area contributed by atoms with Crippen molar-refractivity contribution in [3.63, 3.8) is 0 Å². The van der Waals surface area contributed by atoms with Gasteiger partial charge in [-0.25, -0.2) is 0 Å². The van der Waals surface area contributed by atoms with E-state index < -0.39 is 0 Å². The number of amides is 1. The summed E-state index contributed by atoms with van der Waals surface area (Å²) in [6.45, 7) is 8.71. The van der Waals surface area contributed by atoms with Crippen LogP contribution in [0.1, 0.15) is 38.8 Å². The molecule has 0 bridgehead atoms. The maximum absolute atomic E-state index is 12.1. The molecule has 0 spiro atoms. The lowest BCUT2D eigenvalue weighted by molar-refractivity contribution is -0.122. The Labute approximate surface area is 128 Å². The third-order valence-electron chi connectivity index (χ3n) is 3.92. The number of benzene rings is 1. The molecule has 1 amide bonds. The van der Waals surface area contributed by atoms with Crippen LogP contribution >= 0.6 is 12.4 Å². The first-order valence-electron chi connectivity index (χ1n) is 7.00. The lowest BCUT2D eigenvalue weighted by atomic mass is 9.88. The Kier molecular flexibility index (Phi) is 7.84. The average molecular weight is 299 g/mol. The fourth-order valence-corrected chi connectivity index (χ4v) is 1.87. The summed E-state index contributed by atoms with van der Waals surface area (Å²) in [5, 5.41) is 3.06. The van der Waals surface area contributed by atoms with E-state index in [1.165, 1.54) is 5.56 Å². The van der Waals surface area contributed by atoms with Gasteiger partial charge < -0.3 is 11.1 Å². The normalized spacial score (nSPS) is 13.5. The number of carbonyl (C=O) groups is 1. The van der Waals surface area contributed by atoms with E-state index in [9.17, 15) is 4.79 Å². The van der Waals surface area contributed by atoms with Crippen molar-refractivity contribution in [3.05, 3.63) is 35.4 Å². The first-order valence-corrected chi connectivity index (χ1v) is 7.00. The molecule has 0 aromatic heterocycles. The molecule has 20 heavy (non-hydrogen) atoms. The summed E-state index contributed by atoms with van der Waals surface area (Å²) in [6, 6.07) is 8.20. The van der Waals surface area contributed by atoms with Gasteiger partial charge in [0.25, 0.3) is 0 Å². The molecule has 114 valence electrons. The van der Waals surface area contributed by atoms with Crippen molar-refractivity contribution in [2.45, 2.75) is 46.1 Å². The second-order valence-corrected chi connectivity index (χ2v) is 5.67. The molecule has 3 N–H and O–H groups in total. The molecule has 1 aromatic carbocycles. The Hall–Kier alpha value is -1.06. The van der Waals surface area contributed by atoms with Gasteiger partial charge in [-0.3, -0.25) is 4.79 Å². The SMILES string of the molecule is CCc1ccc(CC(=O)NC(C)(CN)C(C)C)cc1.Cl. The van der Waals surface area contributed by atoms with Gasteiger partial charge in [-0.1, -0.05) is 45.0 Å². The maximum Gasteiger partial charge on any atom is 0.224 e. The predicted molar refractivity (Wildman–Crippen MR) is 87.2 cm³/mol. The van der Waals surface area contributed by atoms with Crippen LogP contribution in [0.25, 0.3) is 0 Å². The van der Waals surface area contributed by atoms with E-state index in [0.717, 1.165) is 12.0 Å². The minimum absolute atomic E-state index is 0. The van der Waals surface area contributed by atoms with Crippen molar-refractivity contribution < 1.29 is 4.79 Å². The molecule has 3 nitrogen and oxygen atoms in total. The minimum Gasteiger partial charge on any atom is -0.349 e. The van der Waals surface area contributed by atoms with Gasteiger partial charge in [-0.15, -0.1) is 12.4 Å². The third-order valence-corrected chi connectivity index (χ3v) is 3.92. The summed E-state index contributed by atoms with van der Waals surface area (Å²) < 4.78 is 0. The van der Waals surface area contributed by atoms with Crippen LogP contribution in [0.3, 0.4) is 0 Å². The van der Waals surface area contributed by atoms with Crippen LogP contribution in [-0.2, 0) is 17.6 Å². The molecule has 0 aliphatic rings. The summed E-state index contributed by atoms with van der Waals surface area (Å²) in [6.07, 6.45) is 1.43. The van der Waals surface area contributed by atoms with Crippen LogP contribution in [0.2, 0.25) is 0 Å². The first kappa shape index (κ1) is 18.9. The summed E-state index contributed by atoms with van der Waals surface area (Å²) in [5.74, 6) is 0.342. The summed E-state index contributed by atoms with van der Waals surface area (Å²) in [7, 11) is 0. The highest BCUT2D eigenvalue weighted by Gasteiger charge is 2.28. The molecular weight excluding hydrogens is 272 g/mol. The van der Waals surface area contributed by atoms with Crippen molar-refractivity contribution in [3.8, 4) is 0 Å². The maximum atomic E-state index is 12.1. The van der Waals surface area contributed by atoms with Gasteiger partial charge in [0.2, 0.25) is 5.91 Å². The molecule has 4 heteroatoms. The van der Waals surface area contributed by atoms with E-state index >= 15 is 0 Å². The third kappa shape index (κ3) is 5.14. The topological polar surface area (TPSA) is 55.1 Å². The van der Waals surface area contributed by atoms with Crippen molar-refractivity contribution in [1.82, 2.24) is 5.32 Å². The molecule has 1 aromatic rings. The monoisotopic (exact) mass is 298 g/mol. The first-order chi connectivity index (χ1) is 8.91. The largest absolute Gasteiger partial charge is 0.349 e. The Balaban J connectivity index is 0.00000361. The molecule has 0 aliphatic heterocycles. The Morgan fingerprint density at radius 1 is 1.25 bits per heavy atom. The van der Waals surface area contributed by atoms with Crippen LogP contribution in [0.15, 0.2) is 24.3 Å². The van der Waals surface area contributed by atoms with E-state index in [0.29, 0.717) is 18.9 Å². The van der Waals surface area contributed by atoms with E-state index in [-0.39, 0.29) is 23.9 Å². The predicted octanol–water partition coefficient (Wildman–Crippen LogP) is 2.70. The lowest BCUT2D eigenvalue weighted by Crippen LogP contribution is -2.55. The van der Waals surface area contributed by atoms with Crippen molar-refractivity contribution in [2.24, 2.45) is 11.7 Å². The Bertz CT molecular complexity index is 417. The second kappa shape index (κ2) is 8.28. The van der Waals surface area contributed by atoms with Crippen molar-refractivity contribution in [1.29, 1.82) is 0 Å². The standard InChI is InChI=1S/C16H26N2O.ClH/c1-5-13-6-8-14(9-7-13)10-15(19)18-16(4,11-17)12(2)3;/h6-9,12H,5,10-11,17H2,1-4H3,(H,18,19);1H. The molecule has 1 unspecified atom stereocenters. The van der Waals surface area contributed by atoms with Gasteiger partial charge in [0.05, 0.1) is 12.0 Å². The number of rotatable bonds is 6. The molecule has 1 rings (SSSR count). The van der Waals surface area contributed by atoms with Gasteiger partial charge in [-0.05, 0) is 30.4 Å². The van der Waals surface area contributed by atoms with Gasteiger partial charge in [-0.2, -0.15) is 0 Å². The average Bonchev–Trinajstić information content (AvgIpc) is 2.39. The van der Waals surface area contributed by atoms with E-state index in [4.69, 9.17) is 5.73 Å². The number of hydrogen-bond donors (Lipinski definition) is 2. The van der Waals surface area contributed by atoms with Crippen LogP contribution in [0.5, 0.6) is 0 Å². The van der Waals surface area contributed by atoms with Crippen LogP contribution in [-0.4, -0.2) is 18.0 Å². The fraction of sp³-hybridized carbons (Fsp3) is 0.562. The van der Waals surface area contributed by atoms with Crippen LogP contribution < -0.4 is 11.1 Å². The zero-order valence-electron chi connectivity index (χ0n) is 12.9. The van der Waals surface area contributed by atoms with Gasteiger partial charge in [0, 0.05) is 6.54 Å². The van der Waals surface area contributed by atoms with E-state index in [2.05, 4.69) is 38.2 Å². The highest BCUT2D eigenvalue weighted by molar-refractivity contribution is 5.85.